The molecule has 2 aromatic heterocycles. The second kappa shape index (κ2) is 10.6. The van der Waals surface area contributed by atoms with Gasteiger partial charge in [-0.25, -0.2) is 4.98 Å². The summed E-state index contributed by atoms with van der Waals surface area (Å²) in [6.07, 6.45) is 7.18. The Morgan fingerprint density at radius 2 is 2.07 bits per heavy atom. The number of likely N-dealkylation sites (tertiary alicyclic amines) is 1. The highest BCUT2D eigenvalue weighted by molar-refractivity contribution is 14.0. The normalized spacial score (nSPS) is 16.8. The average Bonchev–Trinajstić information content (AvgIpc) is 3.34. The summed E-state index contributed by atoms with van der Waals surface area (Å²) in [6.45, 7) is 8.97. The summed E-state index contributed by atoms with van der Waals surface area (Å²) in [5.74, 6) is 2.51. The summed E-state index contributed by atoms with van der Waals surface area (Å²) < 4.78 is 1.87. The number of nitrogens with one attached hydrogen (secondary N) is 1. The zero-order valence-electron chi connectivity index (χ0n) is 17.3. The van der Waals surface area contributed by atoms with Crippen LogP contribution >= 0.6 is 24.0 Å². The Bertz CT molecular complexity index is 752. The second-order valence-corrected chi connectivity index (χ2v) is 6.98. The van der Waals surface area contributed by atoms with Crippen molar-refractivity contribution in [1.82, 2.24) is 25.0 Å². The predicted molar refractivity (Wildman–Crippen MR) is 126 cm³/mol. The highest BCUT2D eigenvalue weighted by Gasteiger charge is 2.26. The fourth-order valence-corrected chi connectivity index (χ4v) is 3.64. The zero-order chi connectivity index (χ0) is 19.2. The van der Waals surface area contributed by atoms with Crippen LogP contribution in [-0.4, -0.2) is 58.9 Å². The number of hydrogen-bond donors (Lipinski definition) is 1. The van der Waals surface area contributed by atoms with E-state index in [9.17, 15) is 0 Å². The molecule has 0 radical (unpaired) electrons. The van der Waals surface area contributed by atoms with E-state index < -0.39 is 0 Å². The smallest absolute Gasteiger partial charge is 0.193 e. The number of anilines is 1. The summed E-state index contributed by atoms with van der Waals surface area (Å²) in [7, 11) is 3.82. The topological polar surface area (TPSA) is 61.6 Å². The van der Waals surface area contributed by atoms with E-state index in [-0.39, 0.29) is 24.0 Å². The summed E-state index contributed by atoms with van der Waals surface area (Å²) in [6, 6.07) is 4.24. The fourth-order valence-electron chi connectivity index (χ4n) is 3.64. The average molecular weight is 497 g/mol. The van der Waals surface area contributed by atoms with E-state index in [1.54, 1.807) is 0 Å². The van der Waals surface area contributed by atoms with Crippen LogP contribution in [0.4, 0.5) is 5.82 Å². The van der Waals surface area contributed by atoms with Crippen LogP contribution < -0.4 is 10.2 Å². The lowest BCUT2D eigenvalue weighted by Crippen LogP contribution is -2.39. The molecule has 0 spiro atoms. The number of rotatable bonds is 6. The second-order valence-electron chi connectivity index (χ2n) is 6.98. The number of guanidine groups is 1. The Kier molecular flexibility index (Phi) is 8.53. The largest absolute Gasteiger partial charge is 0.357 e. The molecule has 3 rings (SSSR count). The van der Waals surface area contributed by atoms with Crippen molar-refractivity contribution in [3.8, 4) is 0 Å². The van der Waals surface area contributed by atoms with Crippen LogP contribution in [-0.2, 0) is 13.6 Å². The molecule has 0 saturated carbocycles. The Morgan fingerprint density at radius 1 is 1.29 bits per heavy atom. The van der Waals surface area contributed by atoms with Gasteiger partial charge in [-0.1, -0.05) is 6.07 Å². The zero-order valence-corrected chi connectivity index (χ0v) is 19.6. The van der Waals surface area contributed by atoms with E-state index in [1.165, 1.54) is 5.56 Å². The number of aryl methyl sites for hydroxylation is 1. The van der Waals surface area contributed by atoms with Crippen molar-refractivity contribution in [1.29, 1.82) is 0 Å². The van der Waals surface area contributed by atoms with Crippen molar-refractivity contribution in [2.75, 3.05) is 38.1 Å². The van der Waals surface area contributed by atoms with E-state index in [1.807, 2.05) is 31.2 Å². The molecule has 0 bridgehead atoms. The lowest BCUT2D eigenvalue weighted by molar-refractivity contribution is 0.485. The molecule has 1 aliphatic heterocycles. The molecular formula is C20H32IN7. The maximum absolute atomic E-state index is 4.60. The van der Waals surface area contributed by atoms with Crippen molar-refractivity contribution in [3.63, 3.8) is 0 Å². The van der Waals surface area contributed by atoms with Gasteiger partial charge in [0.15, 0.2) is 5.96 Å². The third-order valence-electron chi connectivity index (χ3n) is 5.24. The predicted octanol–water partition coefficient (Wildman–Crippen LogP) is 2.84. The molecule has 1 aliphatic rings. The monoisotopic (exact) mass is 497 g/mol. The third-order valence-corrected chi connectivity index (χ3v) is 5.24. The van der Waals surface area contributed by atoms with Crippen LogP contribution in [0.5, 0.6) is 0 Å². The molecule has 0 amide bonds. The molecule has 1 fully saturated rings. The van der Waals surface area contributed by atoms with E-state index in [4.69, 9.17) is 0 Å². The van der Waals surface area contributed by atoms with Gasteiger partial charge in [-0.2, -0.15) is 5.10 Å². The summed E-state index contributed by atoms with van der Waals surface area (Å²) >= 11 is 0. The molecule has 8 heteroatoms. The molecule has 7 nitrogen and oxygen atoms in total. The number of halogens is 1. The van der Waals surface area contributed by atoms with Crippen molar-refractivity contribution in [3.05, 3.63) is 41.9 Å². The van der Waals surface area contributed by atoms with Crippen LogP contribution in [0.25, 0.3) is 0 Å². The van der Waals surface area contributed by atoms with Gasteiger partial charge in [0.1, 0.15) is 5.82 Å². The number of hydrogen-bond acceptors (Lipinski definition) is 4. The van der Waals surface area contributed by atoms with E-state index in [0.717, 1.165) is 56.5 Å². The molecule has 1 atom stereocenters. The van der Waals surface area contributed by atoms with Gasteiger partial charge in [-0.05, 0) is 37.5 Å². The third kappa shape index (κ3) is 5.36. The first kappa shape index (κ1) is 22.4. The maximum Gasteiger partial charge on any atom is 0.193 e. The van der Waals surface area contributed by atoms with Crippen LogP contribution in [0.2, 0.25) is 0 Å². The standard InChI is InChI=1S/C20H31N7.HI/c1-5-26(6-2)19-8-7-16(11-22-19)12-23-20(21-3)27-10-9-17(15-27)18-13-24-25(4)14-18;/h7-8,11,13-14,17H,5-6,9-10,12,15H2,1-4H3,(H,21,23);1H. The molecule has 28 heavy (non-hydrogen) atoms. The summed E-state index contributed by atoms with van der Waals surface area (Å²) in [4.78, 5) is 13.6. The first-order chi connectivity index (χ1) is 13.1. The molecule has 1 unspecified atom stereocenters. The Hall–Kier alpha value is -1.84. The molecule has 2 aromatic rings. The maximum atomic E-state index is 4.60. The molecule has 0 aromatic carbocycles. The Balaban J connectivity index is 0.00000280. The number of aromatic nitrogens is 3. The van der Waals surface area contributed by atoms with Crippen LogP contribution in [0.1, 0.15) is 37.3 Å². The molecule has 3 heterocycles. The number of pyridine rings is 1. The van der Waals surface area contributed by atoms with Crippen molar-refractivity contribution < 1.29 is 0 Å². The Labute approximate surface area is 185 Å². The van der Waals surface area contributed by atoms with Gasteiger partial charge in [-0.15, -0.1) is 24.0 Å². The quantitative estimate of drug-likeness (QED) is 0.378. The van der Waals surface area contributed by atoms with Gasteiger partial charge >= 0.3 is 0 Å². The van der Waals surface area contributed by atoms with Gasteiger partial charge in [0, 0.05) is 65.1 Å². The molecule has 1 N–H and O–H groups in total. The van der Waals surface area contributed by atoms with Crippen LogP contribution in [0.3, 0.4) is 0 Å². The van der Waals surface area contributed by atoms with Crippen molar-refractivity contribution in [2.24, 2.45) is 12.0 Å². The molecule has 1 saturated heterocycles. The SMILES string of the molecule is CCN(CC)c1ccc(CNC(=NC)N2CCC(c3cnn(C)c3)C2)cn1.I. The number of nitrogens with zero attached hydrogens (tertiary/aromatic N) is 6. The van der Waals surface area contributed by atoms with Crippen LogP contribution in [0.15, 0.2) is 35.7 Å². The summed E-state index contributed by atoms with van der Waals surface area (Å²) in [5, 5.41) is 7.78. The van der Waals surface area contributed by atoms with Crippen molar-refractivity contribution >= 4 is 35.8 Å². The van der Waals surface area contributed by atoms with Gasteiger partial charge < -0.3 is 15.1 Å². The minimum absolute atomic E-state index is 0. The minimum Gasteiger partial charge on any atom is -0.357 e. The molecular weight excluding hydrogens is 465 g/mol. The van der Waals surface area contributed by atoms with Gasteiger partial charge in [0.25, 0.3) is 0 Å². The summed E-state index contributed by atoms with van der Waals surface area (Å²) in [5.41, 5.74) is 2.47. The van der Waals surface area contributed by atoms with Gasteiger partial charge in [0.05, 0.1) is 6.20 Å². The van der Waals surface area contributed by atoms with E-state index in [0.29, 0.717) is 5.92 Å². The van der Waals surface area contributed by atoms with E-state index >= 15 is 0 Å². The highest BCUT2D eigenvalue weighted by atomic mass is 127. The highest BCUT2D eigenvalue weighted by Crippen LogP contribution is 2.26. The lowest BCUT2D eigenvalue weighted by atomic mass is 10.0. The van der Waals surface area contributed by atoms with Crippen molar-refractivity contribution in [2.45, 2.75) is 32.7 Å². The van der Waals surface area contributed by atoms with E-state index in [2.05, 4.69) is 62.4 Å². The first-order valence-corrected chi connectivity index (χ1v) is 9.78. The first-order valence-electron chi connectivity index (χ1n) is 9.78. The Morgan fingerprint density at radius 3 is 2.64 bits per heavy atom. The molecule has 0 aliphatic carbocycles. The van der Waals surface area contributed by atoms with Gasteiger partial charge in [-0.3, -0.25) is 9.67 Å². The fraction of sp³-hybridized carbons (Fsp3) is 0.550. The lowest BCUT2D eigenvalue weighted by Gasteiger charge is -2.22. The number of aliphatic imine (C=N–C) groups is 1. The minimum atomic E-state index is 0. The van der Waals surface area contributed by atoms with Crippen LogP contribution in [0, 0.1) is 0 Å². The van der Waals surface area contributed by atoms with Gasteiger partial charge in [0.2, 0.25) is 0 Å². The molecule has 154 valence electrons.